The van der Waals surface area contributed by atoms with Crippen LogP contribution in [-0.4, -0.2) is 30.5 Å². The molecule has 2 aromatic carbocycles. The predicted molar refractivity (Wildman–Crippen MR) is 119 cm³/mol. The summed E-state index contributed by atoms with van der Waals surface area (Å²) in [4.78, 5) is 17.7. The Morgan fingerprint density at radius 3 is 1.90 bits per heavy atom. The van der Waals surface area contributed by atoms with Crippen LogP contribution in [0.4, 0.5) is 0 Å². The maximum absolute atomic E-state index is 12.9. The van der Waals surface area contributed by atoms with E-state index in [-0.39, 0.29) is 5.91 Å². The number of nitrogens with one attached hydrogen (secondary N) is 1. The Kier molecular flexibility index (Phi) is 8.60. The molecule has 1 heterocycles. The molecule has 3 rings (SSSR count). The monoisotopic (exact) mass is 408 g/mol. The lowest BCUT2D eigenvalue weighted by Gasteiger charge is -2.23. The van der Waals surface area contributed by atoms with Gasteiger partial charge < -0.3 is 14.8 Å². The fourth-order valence-electron chi connectivity index (χ4n) is 3.52. The summed E-state index contributed by atoms with van der Waals surface area (Å²) < 4.78 is 11.7. The molecule has 1 N–H and O–H groups in total. The molecule has 0 radical (unpaired) electrons. The molecule has 0 atom stereocenters. The Balaban J connectivity index is 1.55. The third-order valence-corrected chi connectivity index (χ3v) is 5.34. The molecule has 30 heavy (non-hydrogen) atoms. The van der Waals surface area contributed by atoms with E-state index in [1.807, 2.05) is 60.7 Å². The average molecular weight is 409 g/mol. The molecule has 1 amide bonds. The first-order chi connectivity index (χ1) is 14.7. The maximum Gasteiger partial charge on any atom is 0.253 e. The summed E-state index contributed by atoms with van der Waals surface area (Å²) in [5.74, 6) is 0.771. The third kappa shape index (κ3) is 6.51. The molecule has 1 aliphatic heterocycles. The lowest BCUT2D eigenvalue weighted by atomic mass is 9.92. The van der Waals surface area contributed by atoms with Gasteiger partial charge in [-0.1, -0.05) is 74.0 Å². The summed E-state index contributed by atoms with van der Waals surface area (Å²) in [7, 11) is 0. The van der Waals surface area contributed by atoms with Crippen LogP contribution in [0.2, 0.25) is 0 Å². The van der Waals surface area contributed by atoms with Crippen LogP contribution >= 0.6 is 0 Å². The zero-order valence-electron chi connectivity index (χ0n) is 17.8. The van der Waals surface area contributed by atoms with Crippen LogP contribution in [-0.2, 0) is 27.5 Å². The highest BCUT2D eigenvalue weighted by Gasteiger charge is 2.42. The molecule has 2 aromatic rings. The number of aliphatic imine (C=N–C) groups is 1. The van der Waals surface area contributed by atoms with Crippen molar-refractivity contribution < 1.29 is 14.3 Å². The number of hydrogen-bond donors (Lipinski definition) is 1. The molecule has 0 unspecified atom stereocenters. The SMILES string of the molecule is CCCCC1=NC(CCOCc2ccccc2)(CCOCc2ccccc2)C(=O)N1. The molecule has 0 bridgehead atoms. The van der Waals surface area contributed by atoms with Gasteiger partial charge in [0, 0.05) is 32.5 Å². The van der Waals surface area contributed by atoms with Crippen molar-refractivity contribution in [2.75, 3.05) is 13.2 Å². The number of amides is 1. The van der Waals surface area contributed by atoms with Gasteiger partial charge in [0.2, 0.25) is 0 Å². The van der Waals surface area contributed by atoms with Crippen LogP contribution in [0, 0.1) is 0 Å². The number of amidine groups is 1. The van der Waals surface area contributed by atoms with Crippen LogP contribution in [0.15, 0.2) is 65.7 Å². The minimum atomic E-state index is -0.795. The van der Waals surface area contributed by atoms with E-state index < -0.39 is 5.54 Å². The standard InChI is InChI=1S/C25H32N2O3/c1-2-3-14-23-26-24(28)25(27-23,15-17-29-19-21-10-6-4-7-11-21)16-18-30-20-22-12-8-5-9-13-22/h4-13H,2-3,14-20H2,1H3,(H,26,27,28). The predicted octanol–water partition coefficient (Wildman–Crippen LogP) is 4.66. The molecule has 1 aliphatic rings. The van der Waals surface area contributed by atoms with Gasteiger partial charge in [-0.15, -0.1) is 0 Å². The Morgan fingerprint density at radius 2 is 1.40 bits per heavy atom. The zero-order valence-corrected chi connectivity index (χ0v) is 17.8. The van der Waals surface area contributed by atoms with E-state index in [9.17, 15) is 4.79 Å². The summed E-state index contributed by atoms with van der Waals surface area (Å²) in [6.07, 6.45) is 4.00. The van der Waals surface area contributed by atoms with Gasteiger partial charge in [-0.2, -0.15) is 0 Å². The second-order valence-corrected chi connectivity index (χ2v) is 7.72. The van der Waals surface area contributed by atoms with E-state index in [0.29, 0.717) is 39.3 Å². The summed E-state index contributed by atoms with van der Waals surface area (Å²) >= 11 is 0. The third-order valence-electron chi connectivity index (χ3n) is 5.34. The highest BCUT2D eigenvalue weighted by atomic mass is 16.5. The number of hydrogen-bond acceptors (Lipinski definition) is 4. The van der Waals surface area contributed by atoms with E-state index in [0.717, 1.165) is 36.2 Å². The minimum absolute atomic E-state index is 0.0276. The lowest BCUT2D eigenvalue weighted by molar-refractivity contribution is -0.125. The fraction of sp³-hybridized carbons (Fsp3) is 0.440. The van der Waals surface area contributed by atoms with Crippen LogP contribution in [0.5, 0.6) is 0 Å². The first-order valence-electron chi connectivity index (χ1n) is 10.9. The van der Waals surface area contributed by atoms with Crippen LogP contribution in [0.25, 0.3) is 0 Å². The molecule has 5 heteroatoms. The normalized spacial score (nSPS) is 15.1. The Labute approximate surface area is 179 Å². The Hall–Kier alpha value is -2.50. The van der Waals surface area contributed by atoms with Crippen molar-refractivity contribution in [1.82, 2.24) is 5.32 Å². The van der Waals surface area contributed by atoms with E-state index in [2.05, 4.69) is 12.2 Å². The van der Waals surface area contributed by atoms with Crippen molar-refractivity contribution in [3.63, 3.8) is 0 Å². The minimum Gasteiger partial charge on any atom is -0.377 e. The molecular weight excluding hydrogens is 376 g/mol. The van der Waals surface area contributed by atoms with Gasteiger partial charge in [0.25, 0.3) is 5.91 Å². The smallest absolute Gasteiger partial charge is 0.253 e. The van der Waals surface area contributed by atoms with Crippen molar-refractivity contribution in [3.8, 4) is 0 Å². The molecule has 160 valence electrons. The number of benzene rings is 2. The molecule has 0 fully saturated rings. The summed E-state index contributed by atoms with van der Waals surface area (Å²) in [6.45, 7) is 4.17. The maximum atomic E-state index is 12.9. The highest BCUT2D eigenvalue weighted by molar-refractivity contribution is 6.08. The largest absolute Gasteiger partial charge is 0.377 e. The molecular formula is C25H32N2O3. The van der Waals surface area contributed by atoms with Crippen molar-refractivity contribution in [2.24, 2.45) is 4.99 Å². The molecule has 0 saturated carbocycles. The van der Waals surface area contributed by atoms with Gasteiger partial charge in [0.15, 0.2) is 0 Å². The van der Waals surface area contributed by atoms with Crippen LogP contribution in [0.1, 0.15) is 50.2 Å². The number of carbonyl (C=O) groups is 1. The first kappa shape index (κ1) is 22.2. The first-order valence-corrected chi connectivity index (χ1v) is 10.9. The molecule has 0 spiro atoms. The van der Waals surface area contributed by atoms with Crippen LogP contribution < -0.4 is 5.32 Å². The number of rotatable bonds is 13. The number of unbranched alkanes of at least 4 members (excludes halogenated alkanes) is 1. The number of ether oxygens (including phenoxy) is 2. The van der Waals surface area contributed by atoms with Crippen molar-refractivity contribution >= 4 is 11.7 Å². The topological polar surface area (TPSA) is 59.9 Å². The van der Waals surface area contributed by atoms with Crippen LogP contribution in [0.3, 0.4) is 0 Å². The van der Waals surface area contributed by atoms with E-state index in [4.69, 9.17) is 14.5 Å². The fourth-order valence-corrected chi connectivity index (χ4v) is 3.52. The van der Waals surface area contributed by atoms with E-state index in [1.54, 1.807) is 0 Å². The molecule has 0 aromatic heterocycles. The van der Waals surface area contributed by atoms with Gasteiger partial charge in [-0.05, 0) is 17.5 Å². The second-order valence-electron chi connectivity index (χ2n) is 7.72. The van der Waals surface area contributed by atoms with Gasteiger partial charge >= 0.3 is 0 Å². The highest BCUT2D eigenvalue weighted by Crippen LogP contribution is 2.27. The molecule has 5 nitrogen and oxygen atoms in total. The van der Waals surface area contributed by atoms with Gasteiger partial charge in [0.05, 0.1) is 13.2 Å². The van der Waals surface area contributed by atoms with Gasteiger partial charge in [-0.3, -0.25) is 9.79 Å². The van der Waals surface area contributed by atoms with E-state index in [1.165, 1.54) is 0 Å². The summed E-state index contributed by atoms with van der Waals surface area (Å²) in [6, 6.07) is 20.1. The van der Waals surface area contributed by atoms with Crippen molar-refractivity contribution in [3.05, 3.63) is 71.8 Å². The average Bonchev–Trinajstić information content (AvgIpc) is 3.10. The zero-order chi connectivity index (χ0) is 21.1. The van der Waals surface area contributed by atoms with Gasteiger partial charge in [0.1, 0.15) is 11.4 Å². The molecule has 0 saturated heterocycles. The van der Waals surface area contributed by atoms with Crippen molar-refractivity contribution in [1.29, 1.82) is 0 Å². The quantitative estimate of drug-likeness (QED) is 0.491. The second kappa shape index (κ2) is 11.6. The Morgan fingerprint density at radius 1 is 0.867 bits per heavy atom. The molecule has 0 aliphatic carbocycles. The van der Waals surface area contributed by atoms with Gasteiger partial charge in [-0.25, -0.2) is 0 Å². The Bertz CT molecular complexity index is 758. The lowest BCUT2D eigenvalue weighted by Crippen LogP contribution is -2.41. The van der Waals surface area contributed by atoms with E-state index >= 15 is 0 Å². The van der Waals surface area contributed by atoms with Crippen molar-refractivity contribution in [2.45, 2.75) is 57.8 Å². The number of nitrogens with zero attached hydrogens (tertiary/aromatic N) is 1. The summed E-state index contributed by atoms with van der Waals surface area (Å²) in [5, 5.41) is 3.00. The number of carbonyl (C=O) groups excluding carboxylic acids is 1. The summed E-state index contributed by atoms with van der Waals surface area (Å²) in [5.41, 5.74) is 1.46.